The highest BCUT2D eigenvalue weighted by Crippen LogP contribution is 2.66. The lowest BCUT2D eigenvalue weighted by atomic mass is 9.44. The van der Waals surface area contributed by atoms with Gasteiger partial charge in [0.1, 0.15) is 5.78 Å². The maximum absolute atomic E-state index is 12.5. The highest BCUT2D eigenvalue weighted by molar-refractivity contribution is 5.82. The van der Waals surface area contributed by atoms with Crippen LogP contribution in [-0.4, -0.2) is 19.0 Å². The van der Waals surface area contributed by atoms with Crippen molar-refractivity contribution in [3.05, 3.63) is 0 Å². The summed E-state index contributed by atoms with van der Waals surface area (Å²) < 4.78 is 5.90. The molecule has 0 aromatic rings. The van der Waals surface area contributed by atoms with Gasteiger partial charge in [0.15, 0.2) is 0 Å². The minimum Gasteiger partial charge on any atom is -0.381 e. The van der Waals surface area contributed by atoms with Gasteiger partial charge in [-0.3, -0.25) is 4.79 Å². The molecule has 0 aromatic carbocycles. The summed E-state index contributed by atoms with van der Waals surface area (Å²) in [4.78, 5) is 12.5. The van der Waals surface area contributed by atoms with Gasteiger partial charge in [0.05, 0.1) is 6.10 Å². The fraction of sp³-hybridized carbons (Fsp3) is 0.955. The van der Waals surface area contributed by atoms with E-state index in [0.29, 0.717) is 34.6 Å². The zero-order valence-corrected chi connectivity index (χ0v) is 16.1. The summed E-state index contributed by atoms with van der Waals surface area (Å²) in [5.41, 5.74) is 0.831. The number of methoxy groups -OCH3 is 1. The molecule has 0 saturated heterocycles. The van der Waals surface area contributed by atoms with Crippen molar-refractivity contribution in [3.8, 4) is 0 Å². The summed E-state index contributed by atoms with van der Waals surface area (Å²) in [6.45, 7) is 7.29. The average molecular weight is 333 g/mol. The normalized spacial score (nSPS) is 54.1. The smallest absolute Gasteiger partial charge is 0.136 e. The lowest BCUT2D eigenvalue weighted by molar-refractivity contribution is -0.151. The maximum atomic E-state index is 12.5. The molecular weight excluding hydrogens is 296 g/mol. The van der Waals surface area contributed by atoms with Gasteiger partial charge >= 0.3 is 0 Å². The minimum atomic E-state index is 0.341. The Morgan fingerprint density at radius 2 is 1.79 bits per heavy atom. The molecule has 0 unspecified atom stereocenters. The molecule has 4 saturated carbocycles. The van der Waals surface area contributed by atoms with Gasteiger partial charge in [-0.2, -0.15) is 0 Å². The van der Waals surface area contributed by atoms with Crippen LogP contribution in [0.15, 0.2) is 0 Å². The fourth-order valence-electron chi connectivity index (χ4n) is 7.95. The van der Waals surface area contributed by atoms with Crippen molar-refractivity contribution in [2.75, 3.05) is 7.11 Å². The van der Waals surface area contributed by atoms with E-state index in [4.69, 9.17) is 4.74 Å². The molecule has 2 heteroatoms. The van der Waals surface area contributed by atoms with E-state index in [1.54, 1.807) is 0 Å². The molecular formula is C22H36O2. The standard InChI is InChI=1S/C22H36O2/c1-5-14-13-22(3)15(12-19(14)23)6-7-16-17-8-9-20(24-4)21(17,2)11-10-18(16)22/h14-18,20H,5-13H2,1-4H3/t14-,15+,16+,17+,18+,20+,21+,22+/m1/s1. The molecule has 0 radical (unpaired) electrons. The van der Waals surface area contributed by atoms with Crippen LogP contribution in [0.5, 0.6) is 0 Å². The Bertz CT molecular complexity index is 514. The summed E-state index contributed by atoms with van der Waals surface area (Å²) in [5, 5.41) is 0. The van der Waals surface area contributed by atoms with Gasteiger partial charge in [0.2, 0.25) is 0 Å². The summed E-state index contributed by atoms with van der Waals surface area (Å²) in [6.07, 6.45) is 11.6. The quantitative estimate of drug-likeness (QED) is 0.690. The molecule has 4 aliphatic rings. The van der Waals surface area contributed by atoms with Crippen molar-refractivity contribution in [1.82, 2.24) is 0 Å². The number of ether oxygens (including phenoxy) is 1. The Morgan fingerprint density at radius 1 is 1.04 bits per heavy atom. The van der Waals surface area contributed by atoms with Crippen LogP contribution in [0.4, 0.5) is 0 Å². The largest absolute Gasteiger partial charge is 0.381 e. The van der Waals surface area contributed by atoms with E-state index < -0.39 is 0 Å². The zero-order chi connectivity index (χ0) is 17.1. The number of Topliss-reactive ketones (excluding diaryl/α,β-unsaturated/α-hetero) is 1. The van der Waals surface area contributed by atoms with E-state index in [1.165, 1.54) is 44.9 Å². The molecule has 0 aromatic heterocycles. The number of carbonyl (C=O) groups excluding carboxylic acids is 1. The highest BCUT2D eigenvalue weighted by atomic mass is 16.5. The number of fused-ring (bicyclic) bond motifs is 5. The van der Waals surface area contributed by atoms with Crippen molar-refractivity contribution >= 4 is 5.78 Å². The lowest BCUT2D eigenvalue weighted by Gasteiger charge is -2.61. The summed E-state index contributed by atoms with van der Waals surface area (Å²) in [5.74, 6) is 4.17. The topological polar surface area (TPSA) is 26.3 Å². The van der Waals surface area contributed by atoms with E-state index in [1.807, 2.05) is 7.11 Å². The second-order valence-electron chi connectivity index (χ2n) is 9.98. The SMILES string of the molecule is CC[C@@H]1C[C@@]2(C)[C@@H](CC[C@@H]3[C@@H]2CC[C@]2(C)[C@@H](OC)CC[C@@H]32)CC1=O. The maximum Gasteiger partial charge on any atom is 0.136 e. The molecule has 0 heterocycles. The molecule has 4 rings (SSSR count). The van der Waals surface area contributed by atoms with E-state index in [2.05, 4.69) is 20.8 Å². The van der Waals surface area contributed by atoms with Gasteiger partial charge in [-0.05, 0) is 85.9 Å². The molecule has 8 atom stereocenters. The van der Waals surface area contributed by atoms with Crippen LogP contribution < -0.4 is 0 Å². The first-order chi connectivity index (χ1) is 11.4. The molecule has 4 fully saturated rings. The van der Waals surface area contributed by atoms with Crippen molar-refractivity contribution in [2.45, 2.75) is 84.7 Å². The van der Waals surface area contributed by atoms with Gasteiger partial charge in [0.25, 0.3) is 0 Å². The number of carbonyl (C=O) groups is 1. The van der Waals surface area contributed by atoms with Crippen molar-refractivity contribution < 1.29 is 9.53 Å². The molecule has 0 spiro atoms. The monoisotopic (exact) mass is 332 g/mol. The first-order valence-electron chi connectivity index (χ1n) is 10.5. The van der Waals surface area contributed by atoms with Crippen LogP contribution in [0.2, 0.25) is 0 Å². The Kier molecular flexibility index (Phi) is 4.14. The van der Waals surface area contributed by atoms with Crippen molar-refractivity contribution in [1.29, 1.82) is 0 Å². The molecule has 136 valence electrons. The molecule has 2 nitrogen and oxygen atoms in total. The Balaban J connectivity index is 1.62. The van der Waals surface area contributed by atoms with Crippen LogP contribution in [0.25, 0.3) is 0 Å². The number of hydrogen-bond acceptors (Lipinski definition) is 2. The minimum absolute atomic E-state index is 0.341. The lowest BCUT2D eigenvalue weighted by Crippen LogP contribution is -2.55. The molecule has 4 aliphatic carbocycles. The van der Waals surface area contributed by atoms with Crippen molar-refractivity contribution in [3.63, 3.8) is 0 Å². The summed E-state index contributed by atoms with van der Waals surface area (Å²) in [7, 11) is 1.92. The highest BCUT2D eigenvalue weighted by Gasteiger charge is 2.61. The molecule has 24 heavy (non-hydrogen) atoms. The third-order valence-corrected chi connectivity index (χ3v) is 9.34. The van der Waals surface area contributed by atoms with Gasteiger partial charge < -0.3 is 4.74 Å². The second kappa shape index (κ2) is 5.83. The van der Waals surface area contributed by atoms with Gasteiger partial charge in [-0.1, -0.05) is 20.8 Å². The average Bonchev–Trinajstić information content (AvgIpc) is 2.91. The number of rotatable bonds is 2. The Labute approximate surface area is 148 Å². The van der Waals surface area contributed by atoms with Gasteiger partial charge in [-0.15, -0.1) is 0 Å². The number of ketones is 1. The van der Waals surface area contributed by atoms with E-state index in [-0.39, 0.29) is 0 Å². The molecule has 0 aliphatic heterocycles. The third-order valence-electron chi connectivity index (χ3n) is 9.34. The van der Waals surface area contributed by atoms with Crippen LogP contribution in [-0.2, 0) is 9.53 Å². The summed E-state index contributed by atoms with van der Waals surface area (Å²) >= 11 is 0. The zero-order valence-electron chi connectivity index (χ0n) is 16.1. The fourth-order valence-corrected chi connectivity index (χ4v) is 7.95. The van der Waals surface area contributed by atoms with E-state index in [0.717, 1.165) is 30.6 Å². The second-order valence-corrected chi connectivity index (χ2v) is 9.98. The first kappa shape index (κ1) is 17.1. The predicted molar refractivity (Wildman–Crippen MR) is 96.7 cm³/mol. The van der Waals surface area contributed by atoms with Crippen LogP contribution in [0, 0.1) is 40.4 Å². The van der Waals surface area contributed by atoms with Crippen LogP contribution in [0.3, 0.4) is 0 Å². The predicted octanol–water partition coefficient (Wildman–Crippen LogP) is 5.25. The molecule has 0 N–H and O–H groups in total. The van der Waals surface area contributed by atoms with Crippen LogP contribution in [0.1, 0.15) is 78.6 Å². The van der Waals surface area contributed by atoms with Gasteiger partial charge in [-0.25, -0.2) is 0 Å². The molecule has 0 amide bonds. The Hall–Kier alpha value is -0.370. The summed E-state index contributed by atoms with van der Waals surface area (Å²) in [6, 6.07) is 0. The molecule has 0 bridgehead atoms. The number of hydrogen-bond donors (Lipinski definition) is 0. The van der Waals surface area contributed by atoms with Crippen molar-refractivity contribution in [2.24, 2.45) is 40.4 Å². The Morgan fingerprint density at radius 3 is 2.50 bits per heavy atom. The van der Waals surface area contributed by atoms with Gasteiger partial charge in [0, 0.05) is 19.4 Å². The van der Waals surface area contributed by atoms with E-state index >= 15 is 0 Å². The third kappa shape index (κ3) is 2.20. The first-order valence-corrected chi connectivity index (χ1v) is 10.5. The van der Waals surface area contributed by atoms with E-state index in [9.17, 15) is 4.79 Å². The van der Waals surface area contributed by atoms with Crippen LogP contribution >= 0.6 is 0 Å².